The Bertz CT molecular complexity index is 441. The van der Waals surface area contributed by atoms with E-state index in [1.165, 1.54) is 7.11 Å². The molecule has 0 aromatic heterocycles. The minimum Gasteiger partial charge on any atom is -0.490 e. The van der Waals surface area contributed by atoms with Crippen LogP contribution >= 0.6 is 15.9 Å². The third kappa shape index (κ3) is 6.90. The van der Waals surface area contributed by atoms with Gasteiger partial charge in [0.1, 0.15) is 18.5 Å². The molecule has 0 radical (unpaired) electrons. The highest BCUT2D eigenvalue weighted by Gasteiger charge is 2.13. The summed E-state index contributed by atoms with van der Waals surface area (Å²) in [5.41, 5.74) is 5.43. The van der Waals surface area contributed by atoms with Crippen LogP contribution in [-0.4, -0.2) is 50.0 Å². The highest BCUT2D eigenvalue weighted by Crippen LogP contribution is 2.23. The number of para-hydroxylation sites is 1. The Morgan fingerprint density at radius 1 is 1.48 bits per heavy atom. The standard InChI is InChI=1S/C14H21BrN2O4/c1-20-11(7-16)6-14(19)17-8-10(18)9-21-13-5-3-2-4-12(13)15/h2-5,10-11,18H,6-9,16H2,1H3,(H,17,19). The number of hydrogen-bond donors (Lipinski definition) is 3. The first-order valence-electron chi connectivity index (χ1n) is 6.61. The minimum atomic E-state index is -0.792. The summed E-state index contributed by atoms with van der Waals surface area (Å²) in [4.78, 5) is 11.6. The van der Waals surface area contributed by atoms with Crippen LogP contribution in [0, 0.1) is 0 Å². The van der Waals surface area contributed by atoms with Crippen LogP contribution in [0.3, 0.4) is 0 Å². The third-order valence-electron chi connectivity index (χ3n) is 2.81. The van der Waals surface area contributed by atoms with Crippen LogP contribution < -0.4 is 15.8 Å². The Morgan fingerprint density at radius 3 is 2.81 bits per heavy atom. The number of halogens is 1. The SMILES string of the molecule is COC(CN)CC(=O)NCC(O)COc1ccccc1Br. The monoisotopic (exact) mass is 360 g/mol. The summed E-state index contributed by atoms with van der Waals surface area (Å²) in [5, 5.41) is 12.4. The van der Waals surface area contributed by atoms with E-state index in [1.807, 2.05) is 18.2 Å². The maximum absolute atomic E-state index is 11.6. The number of aliphatic hydroxyl groups excluding tert-OH is 1. The number of ether oxygens (including phenoxy) is 2. The highest BCUT2D eigenvalue weighted by atomic mass is 79.9. The van der Waals surface area contributed by atoms with Gasteiger partial charge in [-0.1, -0.05) is 12.1 Å². The Balaban J connectivity index is 2.26. The first-order valence-corrected chi connectivity index (χ1v) is 7.41. The Morgan fingerprint density at radius 2 is 2.19 bits per heavy atom. The van der Waals surface area contributed by atoms with Crippen molar-refractivity contribution >= 4 is 21.8 Å². The molecule has 4 N–H and O–H groups in total. The van der Waals surface area contributed by atoms with E-state index >= 15 is 0 Å². The number of amides is 1. The topological polar surface area (TPSA) is 93.8 Å². The molecule has 0 aliphatic heterocycles. The quantitative estimate of drug-likeness (QED) is 0.601. The molecule has 0 aliphatic rings. The average molecular weight is 361 g/mol. The van der Waals surface area contributed by atoms with Crippen molar-refractivity contribution in [2.75, 3.05) is 26.8 Å². The van der Waals surface area contributed by atoms with E-state index in [-0.39, 0.29) is 38.1 Å². The largest absolute Gasteiger partial charge is 0.490 e. The number of rotatable bonds is 9. The van der Waals surface area contributed by atoms with Gasteiger partial charge in [0.2, 0.25) is 5.91 Å². The second kappa shape index (κ2) is 9.73. The molecule has 6 nitrogen and oxygen atoms in total. The van der Waals surface area contributed by atoms with Crippen LogP contribution in [0.5, 0.6) is 5.75 Å². The molecular weight excluding hydrogens is 340 g/mol. The number of nitrogens with two attached hydrogens (primary N) is 1. The Hall–Kier alpha value is -1.15. The summed E-state index contributed by atoms with van der Waals surface area (Å²) in [5.74, 6) is 0.428. The minimum absolute atomic E-state index is 0.0908. The highest BCUT2D eigenvalue weighted by molar-refractivity contribution is 9.10. The van der Waals surface area contributed by atoms with Gasteiger partial charge in [-0.15, -0.1) is 0 Å². The number of methoxy groups -OCH3 is 1. The van der Waals surface area contributed by atoms with Crippen molar-refractivity contribution in [3.8, 4) is 5.75 Å². The summed E-state index contributed by atoms with van der Waals surface area (Å²) >= 11 is 3.35. The van der Waals surface area contributed by atoms with Crippen molar-refractivity contribution in [2.45, 2.75) is 18.6 Å². The Labute approximate surface area is 132 Å². The van der Waals surface area contributed by atoms with Crippen molar-refractivity contribution in [1.29, 1.82) is 0 Å². The predicted octanol–water partition coefficient (Wildman–Crippen LogP) is 0.669. The molecule has 0 saturated heterocycles. The van der Waals surface area contributed by atoms with Crippen LogP contribution in [0.15, 0.2) is 28.7 Å². The predicted molar refractivity (Wildman–Crippen MR) is 83.1 cm³/mol. The lowest BCUT2D eigenvalue weighted by Crippen LogP contribution is -2.38. The lowest BCUT2D eigenvalue weighted by atomic mass is 10.2. The van der Waals surface area contributed by atoms with Gasteiger partial charge in [0.25, 0.3) is 0 Å². The number of nitrogens with one attached hydrogen (secondary N) is 1. The second-order valence-corrected chi connectivity index (χ2v) is 5.35. The number of hydrogen-bond acceptors (Lipinski definition) is 5. The molecule has 0 aliphatic carbocycles. The lowest BCUT2D eigenvalue weighted by molar-refractivity contribution is -0.123. The molecule has 21 heavy (non-hydrogen) atoms. The summed E-state index contributed by atoms with van der Waals surface area (Å²) < 4.78 is 11.3. The molecule has 0 fully saturated rings. The van der Waals surface area contributed by atoms with Crippen LogP contribution in [0.25, 0.3) is 0 Å². The van der Waals surface area contributed by atoms with E-state index < -0.39 is 6.10 Å². The van der Waals surface area contributed by atoms with Crippen LogP contribution in [0.2, 0.25) is 0 Å². The van der Waals surface area contributed by atoms with E-state index in [0.717, 1.165) is 4.47 Å². The molecular formula is C14H21BrN2O4. The normalized spacial score (nSPS) is 13.5. The summed E-state index contributed by atoms with van der Waals surface area (Å²) in [6, 6.07) is 7.35. The fraction of sp³-hybridized carbons (Fsp3) is 0.500. The van der Waals surface area contributed by atoms with Gasteiger partial charge in [-0.25, -0.2) is 0 Å². The van der Waals surface area contributed by atoms with Gasteiger partial charge < -0.3 is 25.6 Å². The summed E-state index contributed by atoms with van der Waals surface area (Å²) in [6.07, 6.45) is -0.927. The van der Waals surface area contributed by atoms with E-state index in [2.05, 4.69) is 21.2 Å². The number of benzene rings is 1. The molecule has 118 valence electrons. The van der Waals surface area contributed by atoms with Gasteiger partial charge in [-0.3, -0.25) is 4.79 Å². The molecule has 0 spiro atoms. The van der Waals surface area contributed by atoms with Crippen molar-refractivity contribution in [3.63, 3.8) is 0 Å². The van der Waals surface area contributed by atoms with E-state index in [0.29, 0.717) is 5.75 Å². The zero-order chi connectivity index (χ0) is 15.7. The lowest BCUT2D eigenvalue weighted by Gasteiger charge is -2.16. The fourth-order valence-electron chi connectivity index (χ4n) is 1.58. The van der Waals surface area contributed by atoms with Gasteiger partial charge in [0, 0.05) is 20.2 Å². The molecule has 2 unspecified atom stereocenters. The number of carbonyl (C=O) groups excluding carboxylic acids is 1. The van der Waals surface area contributed by atoms with E-state index in [4.69, 9.17) is 15.2 Å². The van der Waals surface area contributed by atoms with Crippen molar-refractivity contribution in [2.24, 2.45) is 5.73 Å². The van der Waals surface area contributed by atoms with Crippen LogP contribution in [0.1, 0.15) is 6.42 Å². The van der Waals surface area contributed by atoms with Crippen molar-refractivity contribution < 1.29 is 19.4 Å². The first-order chi connectivity index (χ1) is 10.1. The summed E-state index contributed by atoms with van der Waals surface area (Å²) in [7, 11) is 1.51. The molecule has 1 amide bonds. The molecule has 0 heterocycles. The van der Waals surface area contributed by atoms with Gasteiger partial charge in [0.05, 0.1) is 17.0 Å². The van der Waals surface area contributed by atoms with Gasteiger partial charge >= 0.3 is 0 Å². The smallest absolute Gasteiger partial charge is 0.222 e. The molecule has 1 aromatic carbocycles. The van der Waals surface area contributed by atoms with Crippen molar-refractivity contribution in [3.05, 3.63) is 28.7 Å². The molecule has 0 saturated carbocycles. The zero-order valence-corrected chi connectivity index (χ0v) is 13.5. The zero-order valence-electron chi connectivity index (χ0n) is 11.9. The molecule has 7 heteroatoms. The molecule has 1 aromatic rings. The maximum atomic E-state index is 11.6. The first kappa shape index (κ1) is 17.9. The average Bonchev–Trinajstić information content (AvgIpc) is 2.49. The number of carbonyl (C=O) groups is 1. The second-order valence-electron chi connectivity index (χ2n) is 4.50. The molecule has 0 bridgehead atoms. The fourth-order valence-corrected chi connectivity index (χ4v) is 1.98. The summed E-state index contributed by atoms with van der Waals surface area (Å²) in [6.45, 7) is 0.482. The molecule has 1 rings (SSSR count). The Kier molecular flexibility index (Phi) is 8.29. The van der Waals surface area contributed by atoms with Crippen LogP contribution in [0.4, 0.5) is 0 Å². The number of aliphatic hydroxyl groups is 1. The maximum Gasteiger partial charge on any atom is 0.222 e. The molecule has 2 atom stereocenters. The van der Waals surface area contributed by atoms with Crippen LogP contribution in [-0.2, 0) is 9.53 Å². The van der Waals surface area contributed by atoms with Gasteiger partial charge in [-0.2, -0.15) is 0 Å². The van der Waals surface area contributed by atoms with E-state index in [9.17, 15) is 9.90 Å². The van der Waals surface area contributed by atoms with E-state index in [1.54, 1.807) is 6.07 Å². The third-order valence-corrected chi connectivity index (χ3v) is 3.47. The van der Waals surface area contributed by atoms with Gasteiger partial charge in [0.15, 0.2) is 0 Å². The van der Waals surface area contributed by atoms with Gasteiger partial charge in [-0.05, 0) is 28.1 Å². The van der Waals surface area contributed by atoms with Crippen molar-refractivity contribution in [1.82, 2.24) is 5.32 Å².